The van der Waals surface area contributed by atoms with Gasteiger partial charge in [0, 0.05) is 23.1 Å². The second-order valence-corrected chi connectivity index (χ2v) is 8.74. The summed E-state index contributed by atoms with van der Waals surface area (Å²) in [6.07, 6.45) is -4.90. The molecule has 0 aliphatic carbocycles. The molecule has 0 saturated heterocycles. The van der Waals surface area contributed by atoms with Gasteiger partial charge in [-0.15, -0.1) is 24.5 Å². The SMILES string of the molecule is N#Cc1c(N)nc2sc(C(=O)c3c([O-])on[n+]3-c3ccc(OC(F)(F)F)cc3)c(N)c2c1-c1ccccc1. The first-order valence-corrected chi connectivity index (χ1v) is 11.4. The summed E-state index contributed by atoms with van der Waals surface area (Å²) in [4.78, 5) is 18.0. The molecule has 2 aromatic carbocycles. The number of ketones is 1. The molecule has 0 radical (unpaired) electrons. The summed E-state index contributed by atoms with van der Waals surface area (Å²) in [5.41, 5.74) is 12.9. The number of halogens is 3. The number of nitrogens with zero attached hydrogens (tertiary/aromatic N) is 4. The number of nitrogen functional groups attached to an aromatic ring is 2. The van der Waals surface area contributed by atoms with Gasteiger partial charge in [-0.3, -0.25) is 4.79 Å². The number of nitriles is 1. The average Bonchev–Trinajstić information content (AvgIpc) is 3.42. The third kappa shape index (κ3) is 4.20. The number of alkyl halides is 3. The predicted molar refractivity (Wildman–Crippen MR) is 126 cm³/mol. The number of hydrogen-bond acceptors (Lipinski definition) is 10. The lowest BCUT2D eigenvalue weighted by Gasteiger charge is -2.09. The molecular formula is C24H13F3N6O4S. The molecule has 0 aliphatic rings. The van der Waals surface area contributed by atoms with Gasteiger partial charge in [-0.1, -0.05) is 30.3 Å². The van der Waals surface area contributed by atoms with Crippen molar-refractivity contribution in [3.63, 3.8) is 0 Å². The average molecular weight is 538 g/mol. The number of thiophene rings is 1. The van der Waals surface area contributed by atoms with Gasteiger partial charge in [0.15, 0.2) is 5.95 Å². The molecule has 38 heavy (non-hydrogen) atoms. The highest BCUT2D eigenvalue weighted by Crippen LogP contribution is 2.43. The highest BCUT2D eigenvalue weighted by molar-refractivity contribution is 7.21. The van der Waals surface area contributed by atoms with Gasteiger partial charge >= 0.3 is 12.1 Å². The van der Waals surface area contributed by atoms with E-state index in [9.17, 15) is 28.3 Å². The van der Waals surface area contributed by atoms with Crippen LogP contribution in [0.3, 0.4) is 0 Å². The first kappa shape index (κ1) is 24.5. The number of carbonyl (C=O) groups excluding carboxylic acids is 1. The molecule has 3 aromatic heterocycles. The van der Waals surface area contributed by atoms with Gasteiger partial charge in [0.05, 0.1) is 11.0 Å². The number of pyridine rings is 1. The summed E-state index contributed by atoms with van der Waals surface area (Å²) >= 11 is 0.852. The molecule has 0 spiro atoms. The molecular weight excluding hydrogens is 525 g/mol. The van der Waals surface area contributed by atoms with Gasteiger partial charge in [0.2, 0.25) is 5.69 Å². The third-order valence-electron chi connectivity index (χ3n) is 5.43. The smallest absolute Gasteiger partial charge is 0.539 e. The topological polar surface area (TPSA) is 168 Å². The van der Waals surface area contributed by atoms with Crippen LogP contribution in [0, 0.1) is 11.3 Å². The van der Waals surface area contributed by atoms with Crippen molar-refractivity contribution < 1.29 is 37.0 Å². The van der Waals surface area contributed by atoms with Gasteiger partial charge in [-0.25, -0.2) is 4.98 Å². The van der Waals surface area contributed by atoms with E-state index in [1.54, 1.807) is 30.3 Å². The monoisotopic (exact) mass is 538 g/mol. The Labute approximate surface area is 214 Å². The highest BCUT2D eigenvalue weighted by atomic mass is 32.1. The molecule has 0 saturated carbocycles. The minimum Gasteiger partial charge on any atom is -0.539 e. The summed E-state index contributed by atoms with van der Waals surface area (Å²) in [6, 6.07) is 15.1. The van der Waals surface area contributed by atoms with Crippen molar-refractivity contribution in [1.82, 2.24) is 10.3 Å². The standard InChI is InChI=1S/C24H13F3N6O4S/c25-24(26,27)36-13-8-6-12(7-9-13)33-18(23(35)37-32-33)19(34)20-17(29)16-15(11-4-2-1-3-5-11)14(10-28)21(30)31-22(16)38-20/h1-9H,(H4-,29,30,31,32,34,35). The van der Waals surface area contributed by atoms with Crippen LogP contribution < -0.4 is 26.0 Å². The van der Waals surface area contributed by atoms with Crippen LogP contribution in [0.4, 0.5) is 24.7 Å². The quantitative estimate of drug-likeness (QED) is 0.251. The Morgan fingerprint density at radius 1 is 1.13 bits per heavy atom. The van der Waals surface area contributed by atoms with Gasteiger partial charge in [-0.05, 0) is 22.4 Å². The second-order valence-electron chi connectivity index (χ2n) is 7.74. The number of ether oxygens (including phenoxy) is 1. The van der Waals surface area contributed by atoms with E-state index in [1.165, 1.54) is 0 Å². The molecule has 190 valence electrons. The Morgan fingerprint density at radius 2 is 1.82 bits per heavy atom. The third-order valence-corrected chi connectivity index (χ3v) is 6.52. The maximum atomic E-state index is 13.6. The number of nitrogens with two attached hydrogens (primary N) is 2. The van der Waals surface area contributed by atoms with Crippen molar-refractivity contribution in [3.8, 4) is 34.6 Å². The van der Waals surface area contributed by atoms with Crippen molar-refractivity contribution in [2.24, 2.45) is 0 Å². The van der Waals surface area contributed by atoms with Crippen molar-refractivity contribution in [3.05, 3.63) is 70.7 Å². The summed E-state index contributed by atoms with van der Waals surface area (Å²) in [6.45, 7) is 0. The molecule has 0 bridgehead atoms. The normalized spacial score (nSPS) is 11.4. The molecule has 0 unspecified atom stereocenters. The van der Waals surface area contributed by atoms with Gasteiger partial charge in [0.1, 0.15) is 32.9 Å². The first-order chi connectivity index (χ1) is 18.1. The number of benzene rings is 2. The fraction of sp³-hybridized carbons (Fsp3) is 0.0417. The fourth-order valence-electron chi connectivity index (χ4n) is 3.86. The zero-order valence-corrected chi connectivity index (χ0v) is 19.6. The van der Waals surface area contributed by atoms with Crippen LogP contribution in [0.5, 0.6) is 11.7 Å². The van der Waals surface area contributed by atoms with Crippen LogP contribution >= 0.6 is 11.3 Å². The molecule has 14 heteroatoms. The van der Waals surface area contributed by atoms with Crippen LogP contribution in [0.15, 0.2) is 59.1 Å². The van der Waals surface area contributed by atoms with E-state index in [1.807, 2.05) is 6.07 Å². The summed E-state index contributed by atoms with van der Waals surface area (Å²) < 4.78 is 46.8. The van der Waals surface area contributed by atoms with E-state index < -0.39 is 29.5 Å². The van der Waals surface area contributed by atoms with Crippen molar-refractivity contribution in [1.29, 1.82) is 5.26 Å². The zero-order chi connectivity index (χ0) is 27.2. The molecule has 0 amide bonds. The van der Waals surface area contributed by atoms with Crippen LogP contribution in [-0.4, -0.2) is 22.4 Å². The zero-order valence-electron chi connectivity index (χ0n) is 18.8. The first-order valence-electron chi connectivity index (χ1n) is 10.6. The molecule has 0 aliphatic heterocycles. The molecule has 10 nitrogen and oxygen atoms in total. The van der Waals surface area contributed by atoms with Gasteiger partial charge < -0.3 is 25.8 Å². The van der Waals surface area contributed by atoms with E-state index in [4.69, 9.17) is 11.5 Å². The number of fused-ring (bicyclic) bond motifs is 1. The Kier molecular flexibility index (Phi) is 5.84. The number of rotatable bonds is 5. The Hall–Kier alpha value is -5.16. The summed E-state index contributed by atoms with van der Waals surface area (Å²) in [5.74, 6) is -2.55. The number of carbonyl (C=O) groups is 1. The molecule has 4 N–H and O–H groups in total. The molecule has 5 rings (SSSR count). The fourth-order valence-corrected chi connectivity index (χ4v) is 4.91. The minimum absolute atomic E-state index is 0.0427. The summed E-state index contributed by atoms with van der Waals surface area (Å²) in [7, 11) is 0. The van der Waals surface area contributed by atoms with Crippen LogP contribution in [0.2, 0.25) is 0 Å². The largest absolute Gasteiger partial charge is 0.573 e. The van der Waals surface area contributed by atoms with Gasteiger partial charge in [-0.2, -0.15) is 5.26 Å². The lowest BCUT2D eigenvalue weighted by molar-refractivity contribution is -0.672. The molecule has 3 heterocycles. The lowest BCUT2D eigenvalue weighted by Crippen LogP contribution is -2.39. The number of aromatic nitrogens is 3. The van der Waals surface area contributed by atoms with Crippen LogP contribution in [-0.2, 0) is 0 Å². The van der Waals surface area contributed by atoms with E-state index in [2.05, 4.69) is 19.5 Å². The number of anilines is 2. The van der Waals surface area contributed by atoms with Crippen molar-refractivity contribution in [2.75, 3.05) is 11.5 Å². The molecule has 0 fully saturated rings. The van der Waals surface area contributed by atoms with Crippen LogP contribution in [0.25, 0.3) is 27.0 Å². The van der Waals surface area contributed by atoms with Crippen LogP contribution in [0.1, 0.15) is 20.9 Å². The predicted octanol–water partition coefficient (Wildman–Crippen LogP) is 3.47. The maximum absolute atomic E-state index is 13.6. The van der Waals surface area contributed by atoms with Crippen molar-refractivity contribution in [2.45, 2.75) is 6.36 Å². The van der Waals surface area contributed by atoms with E-state index in [-0.39, 0.29) is 32.5 Å². The van der Waals surface area contributed by atoms with Crippen molar-refractivity contribution >= 4 is 38.8 Å². The highest BCUT2D eigenvalue weighted by Gasteiger charge is 2.34. The Bertz CT molecular complexity index is 1740. The maximum Gasteiger partial charge on any atom is 0.573 e. The molecule has 0 atom stereocenters. The van der Waals surface area contributed by atoms with E-state index in [0.29, 0.717) is 16.5 Å². The minimum atomic E-state index is -4.90. The Balaban J connectivity index is 1.64. The van der Waals surface area contributed by atoms with E-state index >= 15 is 0 Å². The Morgan fingerprint density at radius 3 is 2.45 bits per heavy atom. The lowest BCUT2D eigenvalue weighted by atomic mass is 9.97. The molecule has 5 aromatic rings. The second kappa shape index (κ2) is 9.05. The van der Waals surface area contributed by atoms with Gasteiger partial charge in [0.25, 0.3) is 5.78 Å². The number of hydrogen-bond donors (Lipinski definition) is 2. The summed E-state index contributed by atoms with van der Waals surface area (Å²) in [5, 5.41) is 26.1. The van der Waals surface area contributed by atoms with E-state index in [0.717, 1.165) is 40.3 Å².